The SMILES string of the molecule is O=S(=O)(O)c1ccc(Nc2ccc(C(O)(c3ccc(Nc4cccc(S(=O)(=O)O)c4)cc3)c3ccc(Nc4cccc(S(=O)(=O)O)c4)cc3)cc2)cc1. The van der Waals surface area contributed by atoms with E-state index >= 15 is 0 Å². The number of nitrogens with one attached hydrogen (secondary N) is 3. The van der Waals surface area contributed by atoms with Gasteiger partial charge in [-0.25, -0.2) is 0 Å². The van der Waals surface area contributed by atoms with E-state index in [9.17, 15) is 44.0 Å². The van der Waals surface area contributed by atoms with Crippen molar-refractivity contribution in [1.82, 2.24) is 0 Å². The van der Waals surface area contributed by atoms with Crippen LogP contribution in [0.3, 0.4) is 0 Å². The third-order valence-electron chi connectivity index (χ3n) is 8.19. The van der Waals surface area contributed by atoms with Gasteiger partial charge in [0.1, 0.15) is 5.60 Å². The molecule has 13 nitrogen and oxygen atoms in total. The lowest BCUT2D eigenvalue weighted by atomic mass is 9.80. The molecule has 0 saturated carbocycles. The Kier molecular flexibility index (Phi) is 10.1. The predicted molar refractivity (Wildman–Crippen MR) is 200 cm³/mol. The molecule has 0 aliphatic rings. The van der Waals surface area contributed by atoms with Crippen LogP contribution in [-0.4, -0.2) is 44.0 Å². The van der Waals surface area contributed by atoms with E-state index in [1.54, 1.807) is 84.9 Å². The van der Waals surface area contributed by atoms with E-state index in [1.165, 1.54) is 60.7 Å². The maximum Gasteiger partial charge on any atom is 0.294 e. The summed E-state index contributed by atoms with van der Waals surface area (Å²) in [6.45, 7) is 0. The third-order valence-corrected chi connectivity index (χ3v) is 10.8. The first-order chi connectivity index (χ1) is 25.0. The average molecular weight is 774 g/mol. The lowest BCUT2D eigenvalue weighted by Crippen LogP contribution is -2.28. The summed E-state index contributed by atoms with van der Waals surface area (Å²) >= 11 is 0. The van der Waals surface area contributed by atoms with Gasteiger partial charge in [0.15, 0.2) is 0 Å². The summed E-state index contributed by atoms with van der Waals surface area (Å²) in [5.41, 5.74) is 2.81. The van der Waals surface area contributed by atoms with Crippen LogP contribution in [0.4, 0.5) is 34.1 Å². The van der Waals surface area contributed by atoms with Gasteiger partial charge in [-0.15, -0.1) is 0 Å². The van der Waals surface area contributed by atoms with Crippen LogP contribution in [0.5, 0.6) is 0 Å². The molecular formula is C37H31N3O10S3. The molecule has 0 heterocycles. The van der Waals surface area contributed by atoms with Crippen LogP contribution in [0.15, 0.2) is 160 Å². The van der Waals surface area contributed by atoms with Crippen LogP contribution in [0.2, 0.25) is 0 Å². The lowest BCUT2D eigenvalue weighted by Gasteiger charge is -2.31. The van der Waals surface area contributed by atoms with Crippen LogP contribution in [0.25, 0.3) is 0 Å². The molecule has 0 spiro atoms. The molecule has 0 aliphatic carbocycles. The van der Waals surface area contributed by atoms with Gasteiger partial charge in [-0.05, 0) is 114 Å². The van der Waals surface area contributed by atoms with Gasteiger partial charge in [-0.2, -0.15) is 25.3 Å². The minimum absolute atomic E-state index is 0.246. The van der Waals surface area contributed by atoms with E-state index in [0.29, 0.717) is 50.8 Å². The topological polar surface area (TPSA) is 219 Å². The van der Waals surface area contributed by atoms with Gasteiger partial charge in [0.05, 0.1) is 14.7 Å². The van der Waals surface area contributed by atoms with Crippen LogP contribution >= 0.6 is 0 Å². The highest BCUT2D eigenvalue weighted by molar-refractivity contribution is 7.86. The summed E-state index contributed by atoms with van der Waals surface area (Å²) < 4.78 is 97.4. The molecule has 0 aromatic heterocycles. The van der Waals surface area contributed by atoms with Crippen molar-refractivity contribution >= 4 is 64.5 Å². The second-order valence-electron chi connectivity index (χ2n) is 11.8. The minimum Gasteiger partial charge on any atom is -0.376 e. The first kappa shape index (κ1) is 37.2. The van der Waals surface area contributed by atoms with E-state index in [0.717, 1.165) is 0 Å². The van der Waals surface area contributed by atoms with Crippen molar-refractivity contribution in [3.05, 3.63) is 162 Å². The van der Waals surface area contributed by atoms with E-state index in [-0.39, 0.29) is 14.7 Å². The Labute approximate surface area is 305 Å². The third kappa shape index (κ3) is 8.73. The van der Waals surface area contributed by atoms with Crippen LogP contribution < -0.4 is 16.0 Å². The predicted octanol–water partition coefficient (Wildman–Crippen LogP) is 6.94. The maximum absolute atomic E-state index is 12.6. The lowest BCUT2D eigenvalue weighted by molar-refractivity contribution is 0.126. The summed E-state index contributed by atoms with van der Waals surface area (Å²) in [5.74, 6) is 0. The molecule has 53 heavy (non-hydrogen) atoms. The van der Waals surface area contributed by atoms with Gasteiger partial charge in [-0.1, -0.05) is 48.5 Å². The number of aliphatic hydroxyl groups is 1. The molecule has 0 amide bonds. The molecule has 0 radical (unpaired) electrons. The van der Waals surface area contributed by atoms with Crippen molar-refractivity contribution in [2.24, 2.45) is 0 Å². The molecule has 0 fully saturated rings. The molecule has 0 bridgehead atoms. The van der Waals surface area contributed by atoms with E-state index < -0.39 is 36.0 Å². The van der Waals surface area contributed by atoms with Crippen LogP contribution in [-0.2, 0) is 36.0 Å². The first-order valence-electron chi connectivity index (χ1n) is 15.6. The average Bonchev–Trinajstić information content (AvgIpc) is 3.12. The van der Waals surface area contributed by atoms with Crippen molar-refractivity contribution in [3.8, 4) is 0 Å². The van der Waals surface area contributed by atoms with Crippen LogP contribution in [0, 0.1) is 0 Å². The molecule has 0 atom stereocenters. The Morgan fingerprint density at radius 3 is 0.943 bits per heavy atom. The molecule has 272 valence electrons. The molecule has 6 aromatic rings. The zero-order chi connectivity index (χ0) is 38.0. The summed E-state index contributed by atoms with van der Waals surface area (Å²) in [7, 11) is -13.2. The van der Waals surface area contributed by atoms with E-state index in [2.05, 4.69) is 16.0 Å². The molecule has 0 saturated heterocycles. The van der Waals surface area contributed by atoms with Gasteiger partial charge in [0, 0.05) is 34.1 Å². The summed E-state index contributed by atoms with van der Waals surface area (Å²) in [5, 5.41) is 21.9. The number of anilines is 6. The highest BCUT2D eigenvalue weighted by atomic mass is 32.2. The van der Waals surface area contributed by atoms with Crippen molar-refractivity contribution in [2.75, 3.05) is 16.0 Å². The quantitative estimate of drug-likeness (QED) is 0.0496. The summed E-state index contributed by atoms with van der Waals surface area (Å²) in [6.07, 6.45) is 0. The highest BCUT2D eigenvalue weighted by Gasteiger charge is 2.34. The van der Waals surface area contributed by atoms with Crippen molar-refractivity contribution in [3.63, 3.8) is 0 Å². The second kappa shape index (κ2) is 14.4. The molecule has 7 N–H and O–H groups in total. The molecule has 6 rings (SSSR count). The van der Waals surface area contributed by atoms with E-state index in [4.69, 9.17) is 0 Å². The smallest absolute Gasteiger partial charge is 0.294 e. The highest BCUT2D eigenvalue weighted by Crippen LogP contribution is 2.39. The van der Waals surface area contributed by atoms with Gasteiger partial charge < -0.3 is 21.1 Å². The zero-order valence-corrected chi connectivity index (χ0v) is 29.8. The Hall–Kier alpha value is -5.59. The largest absolute Gasteiger partial charge is 0.376 e. The maximum atomic E-state index is 12.6. The molecule has 0 aliphatic heterocycles. The molecule has 6 aromatic carbocycles. The number of hydrogen-bond donors (Lipinski definition) is 7. The number of benzene rings is 6. The molecule has 16 heteroatoms. The number of hydrogen-bond acceptors (Lipinski definition) is 10. The minimum atomic E-state index is -4.41. The van der Waals surface area contributed by atoms with Crippen molar-refractivity contribution in [2.45, 2.75) is 20.3 Å². The van der Waals surface area contributed by atoms with Gasteiger partial charge in [0.25, 0.3) is 30.4 Å². The van der Waals surface area contributed by atoms with Crippen molar-refractivity contribution < 1.29 is 44.0 Å². The number of rotatable bonds is 12. The Balaban J connectivity index is 1.32. The Bertz CT molecular complexity index is 2480. The second-order valence-corrected chi connectivity index (χ2v) is 16.1. The van der Waals surface area contributed by atoms with Gasteiger partial charge in [0.2, 0.25) is 0 Å². The summed E-state index contributed by atoms with van der Waals surface area (Å²) in [4.78, 5) is -0.791. The van der Waals surface area contributed by atoms with Crippen LogP contribution in [0.1, 0.15) is 16.7 Å². The zero-order valence-electron chi connectivity index (χ0n) is 27.3. The molecular weight excluding hydrogens is 743 g/mol. The van der Waals surface area contributed by atoms with Crippen molar-refractivity contribution in [1.29, 1.82) is 0 Å². The first-order valence-corrected chi connectivity index (χ1v) is 19.9. The normalized spacial score (nSPS) is 12.2. The molecule has 0 unspecified atom stereocenters. The Morgan fingerprint density at radius 2 is 0.642 bits per heavy atom. The fourth-order valence-corrected chi connectivity index (χ4v) is 7.10. The fraction of sp³-hybridized carbons (Fsp3) is 0.0270. The van der Waals surface area contributed by atoms with Gasteiger partial charge in [-0.3, -0.25) is 13.7 Å². The Morgan fingerprint density at radius 1 is 0.358 bits per heavy atom. The monoisotopic (exact) mass is 773 g/mol. The fourth-order valence-electron chi connectivity index (χ4n) is 5.56. The van der Waals surface area contributed by atoms with E-state index in [1.807, 2.05) is 0 Å². The summed E-state index contributed by atoms with van der Waals surface area (Å²) in [6, 6.07) is 37.3. The van der Waals surface area contributed by atoms with Gasteiger partial charge >= 0.3 is 0 Å². The standard InChI is InChI=1S/C37H31N3O10S3/c41-37(25-7-13-28(14-8-25)38-31-19-21-34(22-20-31)51(42,43)44,26-9-15-29(16-10-26)39-32-3-1-5-35(23-32)52(45,46)47)27-11-17-30(18-12-27)40-33-4-2-6-36(24-33)53(48,49)50/h1-24,38-41H,(H,42,43,44)(H,45,46,47)(H,48,49,50).